The average Bonchev–Trinajstić information content (AvgIpc) is 3.28. The topological polar surface area (TPSA) is 123 Å². The van der Waals surface area contributed by atoms with Crippen LogP contribution in [0.15, 0.2) is 57.9 Å². The van der Waals surface area contributed by atoms with Crippen molar-refractivity contribution in [2.75, 3.05) is 26.2 Å². The summed E-state index contributed by atoms with van der Waals surface area (Å²) >= 11 is 0. The molecule has 0 spiro atoms. The Morgan fingerprint density at radius 3 is 2.47 bits per heavy atom. The Kier molecular flexibility index (Phi) is 6.31. The molecule has 2 aromatic carbocycles. The highest BCUT2D eigenvalue weighted by Gasteiger charge is 2.30. The number of hydrogen-bond acceptors (Lipinski definition) is 8. The molecule has 3 aromatic rings. The first kappa shape index (κ1) is 22.1. The van der Waals surface area contributed by atoms with Gasteiger partial charge in [-0.15, -0.1) is 0 Å². The fourth-order valence-electron chi connectivity index (χ4n) is 3.55. The summed E-state index contributed by atoms with van der Waals surface area (Å²) in [4.78, 5) is 16.8. The summed E-state index contributed by atoms with van der Waals surface area (Å²) in [6.07, 6.45) is 0.959. The van der Waals surface area contributed by atoms with Crippen LogP contribution in [0.2, 0.25) is 0 Å². The van der Waals surface area contributed by atoms with Gasteiger partial charge in [-0.25, -0.2) is 8.42 Å². The molecule has 32 heavy (non-hydrogen) atoms. The van der Waals surface area contributed by atoms with Crippen LogP contribution in [0, 0.1) is 10.1 Å². The van der Waals surface area contributed by atoms with Gasteiger partial charge in [0.25, 0.3) is 5.69 Å². The number of aryl methyl sites for hydroxylation is 1. The predicted octanol–water partition coefficient (Wildman–Crippen LogP) is 2.71. The van der Waals surface area contributed by atoms with Gasteiger partial charge in [0.05, 0.1) is 16.4 Å². The summed E-state index contributed by atoms with van der Waals surface area (Å²) in [7, 11) is -3.80. The highest BCUT2D eigenvalue weighted by molar-refractivity contribution is 7.89. The summed E-state index contributed by atoms with van der Waals surface area (Å²) in [6.45, 7) is 4.02. The molecule has 11 heteroatoms. The van der Waals surface area contributed by atoms with Gasteiger partial charge < -0.3 is 4.52 Å². The van der Waals surface area contributed by atoms with E-state index in [1.54, 1.807) is 0 Å². The number of non-ortho nitro benzene ring substituents is 1. The normalized spacial score (nSPS) is 15.7. The number of sulfonamides is 1. The lowest BCUT2D eigenvalue weighted by molar-refractivity contribution is -0.385. The first-order chi connectivity index (χ1) is 15.4. The van der Waals surface area contributed by atoms with E-state index in [2.05, 4.69) is 17.1 Å². The molecule has 1 saturated heterocycles. The lowest BCUT2D eigenvalue weighted by Gasteiger charge is -2.33. The Bertz CT molecular complexity index is 1200. The van der Waals surface area contributed by atoms with Gasteiger partial charge in [-0.1, -0.05) is 42.4 Å². The third kappa shape index (κ3) is 4.69. The van der Waals surface area contributed by atoms with E-state index in [-0.39, 0.29) is 23.7 Å². The molecule has 0 radical (unpaired) electrons. The molecule has 0 N–H and O–H groups in total. The number of aromatic nitrogens is 2. The average molecular weight is 458 g/mol. The molecule has 0 amide bonds. The molecule has 2 heterocycles. The Morgan fingerprint density at radius 1 is 1.09 bits per heavy atom. The molecular formula is C21H23N5O5S. The number of piperazine rings is 1. The van der Waals surface area contributed by atoms with Crippen molar-refractivity contribution in [3.63, 3.8) is 0 Å². The van der Waals surface area contributed by atoms with Gasteiger partial charge in [-0.3, -0.25) is 15.0 Å². The van der Waals surface area contributed by atoms with E-state index in [0.29, 0.717) is 31.3 Å². The van der Waals surface area contributed by atoms with Crippen molar-refractivity contribution in [2.24, 2.45) is 0 Å². The molecule has 1 aliphatic rings. The quantitative estimate of drug-likeness (QED) is 0.392. The molecule has 168 valence electrons. The van der Waals surface area contributed by atoms with E-state index in [0.717, 1.165) is 18.1 Å². The second-order valence-electron chi connectivity index (χ2n) is 7.50. The predicted molar refractivity (Wildman–Crippen MR) is 116 cm³/mol. The largest absolute Gasteiger partial charge is 0.338 e. The fraction of sp³-hybridized carbons (Fsp3) is 0.333. The molecular weight excluding hydrogens is 434 g/mol. The SMILES string of the molecule is CCc1ccc(-c2noc(CN3CCN(S(=O)(=O)c4cccc([N+](=O)[O-])c4)CC3)n2)cc1. The minimum Gasteiger partial charge on any atom is -0.338 e. The molecule has 0 bridgehead atoms. The molecule has 0 aliphatic carbocycles. The van der Waals surface area contributed by atoms with Crippen molar-refractivity contribution < 1.29 is 17.9 Å². The van der Waals surface area contributed by atoms with Crippen molar-refractivity contribution in [1.29, 1.82) is 0 Å². The third-order valence-electron chi connectivity index (χ3n) is 5.44. The second kappa shape index (κ2) is 9.15. The van der Waals surface area contributed by atoms with Crippen molar-refractivity contribution >= 4 is 15.7 Å². The first-order valence-electron chi connectivity index (χ1n) is 10.3. The molecule has 1 aromatic heterocycles. The zero-order valence-corrected chi connectivity index (χ0v) is 18.4. The summed E-state index contributed by atoms with van der Waals surface area (Å²) in [5.74, 6) is 0.990. The van der Waals surface area contributed by atoms with E-state index in [1.807, 2.05) is 29.2 Å². The summed E-state index contributed by atoms with van der Waals surface area (Å²) < 4.78 is 32.5. The summed E-state index contributed by atoms with van der Waals surface area (Å²) in [6, 6.07) is 13.1. The monoisotopic (exact) mass is 457 g/mol. The third-order valence-corrected chi connectivity index (χ3v) is 7.34. The molecule has 0 saturated carbocycles. The van der Waals surface area contributed by atoms with E-state index in [1.165, 1.54) is 28.1 Å². The summed E-state index contributed by atoms with van der Waals surface area (Å²) in [5, 5.41) is 15.0. The zero-order chi connectivity index (χ0) is 22.7. The zero-order valence-electron chi connectivity index (χ0n) is 17.5. The summed E-state index contributed by atoms with van der Waals surface area (Å²) in [5.41, 5.74) is 1.86. The highest BCUT2D eigenvalue weighted by atomic mass is 32.2. The number of nitro groups is 1. The molecule has 1 fully saturated rings. The Balaban J connectivity index is 1.37. The maximum atomic E-state index is 12.9. The van der Waals surface area contributed by atoms with Gasteiger partial charge in [0.15, 0.2) is 0 Å². The van der Waals surface area contributed by atoms with Crippen LogP contribution in [0.5, 0.6) is 0 Å². The highest BCUT2D eigenvalue weighted by Crippen LogP contribution is 2.23. The van der Waals surface area contributed by atoms with Crippen LogP contribution in [-0.2, 0) is 23.0 Å². The van der Waals surface area contributed by atoms with Gasteiger partial charge in [-0.2, -0.15) is 9.29 Å². The van der Waals surface area contributed by atoms with E-state index < -0.39 is 14.9 Å². The number of hydrogen-bond donors (Lipinski definition) is 0. The van der Waals surface area contributed by atoms with Gasteiger partial charge in [0.1, 0.15) is 0 Å². The van der Waals surface area contributed by atoms with Crippen LogP contribution >= 0.6 is 0 Å². The van der Waals surface area contributed by atoms with Crippen molar-refractivity contribution in [3.8, 4) is 11.4 Å². The van der Waals surface area contributed by atoms with Crippen LogP contribution in [-0.4, -0.2) is 58.9 Å². The van der Waals surface area contributed by atoms with Crippen molar-refractivity contribution in [1.82, 2.24) is 19.3 Å². The number of nitrogens with zero attached hydrogens (tertiary/aromatic N) is 5. The van der Waals surface area contributed by atoms with E-state index in [4.69, 9.17) is 4.52 Å². The van der Waals surface area contributed by atoms with Crippen LogP contribution < -0.4 is 0 Å². The van der Waals surface area contributed by atoms with Crippen LogP contribution in [0.25, 0.3) is 11.4 Å². The van der Waals surface area contributed by atoms with E-state index >= 15 is 0 Å². The van der Waals surface area contributed by atoms with Gasteiger partial charge >= 0.3 is 0 Å². The van der Waals surface area contributed by atoms with Crippen molar-refractivity contribution in [3.05, 3.63) is 70.1 Å². The molecule has 0 atom stereocenters. The standard InChI is InChI=1S/C21H23N5O5S/c1-2-16-6-8-17(9-7-16)21-22-20(31-23-21)15-24-10-12-25(13-11-24)32(29,30)19-5-3-4-18(14-19)26(27)28/h3-9,14H,2,10-13,15H2,1H3. The van der Waals surface area contributed by atoms with Crippen LogP contribution in [0.3, 0.4) is 0 Å². The lowest BCUT2D eigenvalue weighted by Crippen LogP contribution is -2.48. The van der Waals surface area contributed by atoms with Crippen molar-refractivity contribution in [2.45, 2.75) is 24.8 Å². The number of nitro benzene ring substituents is 1. The minimum atomic E-state index is -3.80. The number of benzene rings is 2. The maximum absolute atomic E-state index is 12.9. The van der Waals surface area contributed by atoms with E-state index in [9.17, 15) is 18.5 Å². The Labute approximate surface area is 185 Å². The molecule has 10 nitrogen and oxygen atoms in total. The number of rotatable bonds is 7. The molecule has 4 rings (SSSR count). The van der Waals surface area contributed by atoms with Gasteiger partial charge in [-0.05, 0) is 18.1 Å². The molecule has 1 aliphatic heterocycles. The maximum Gasteiger partial charge on any atom is 0.270 e. The Morgan fingerprint density at radius 2 is 1.81 bits per heavy atom. The smallest absolute Gasteiger partial charge is 0.270 e. The first-order valence-corrected chi connectivity index (χ1v) is 11.7. The van der Waals surface area contributed by atoms with Crippen LogP contribution in [0.4, 0.5) is 5.69 Å². The van der Waals surface area contributed by atoms with Gasteiger partial charge in [0.2, 0.25) is 21.7 Å². The minimum absolute atomic E-state index is 0.0733. The second-order valence-corrected chi connectivity index (χ2v) is 9.43. The lowest BCUT2D eigenvalue weighted by atomic mass is 10.1. The van der Waals surface area contributed by atoms with Crippen LogP contribution in [0.1, 0.15) is 18.4 Å². The van der Waals surface area contributed by atoms with Gasteiger partial charge in [0, 0.05) is 43.9 Å². The fourth-order valence-corrected chi connectivity index (χ4v) is 5.01. The molecule has 0 unspecified atom stereocenters. The Hall–Kier alpha value is -3.15.